The molecule has 4 heteroatoms. The molecule has 0 radical (unpaired) electrons. The zero-order chi connectivity index (χ0) is 7.98. The number of ether oxygens (including phenoxy) is 1. The number of carbonyl (C=O) groups is 1. The van der Waals surface area contributed by atoms with E-state index in [1.165, 1.54) is 7.11 Å². The summed E-state index contributed by atoms with van der Waals surface area (Å²) < 4.78 is 4.27. The van der Waals surface area contributed by atoms with Gasteiger partial charge in [0.05, 0.1) is 7.11 Å². The van der Waals surface area contributed by atoms with Crippen molar-refractivity contribution in [1.82, 2.24) is 5.43 Å². The minimum Gasteiger partial charge on any atom is -0.452 e. The van der Waals surface area contributed by atoms with Gasteiger partial charge in [0.1, 0.15) is 0 Å². The first-order chi connectivity index (χ1) is 4.66. The second-order valence-corrected chi connectivity index (χ2v) is 2.13. The van der Waals surface area contributed by atoms with Crippen LogP contribution in [0.25, 0.3) is 0 Å². The van der Waals surface area contributed by atoms with Crippen LogP contribution in [0.5, 0.6) is 0 Å². The second kappa shape index (κ2) is 4.78. The molecular weight excluding hydrogens is 132 g/mol. The van der Waals surface area contributed by atoms with E-state index in [9.17, 15) is 4.79 Å². The van der Waals surface area contributed by atoms with Crippen LogP contribution in [0.3, 0.4) is 0 Å². The van der Waals surface area contributed by atoms with Gasteiger partial charge in [-0.1, -0.05) is 13.8 Å². The monoisotopic (exact) mass is 144 g/mol. The molecule has 4 nitrogen and oxygen atoms in total. The molecule has 0 unspecified atom stereocenters. The van der Waals surface area contributed by atoms with Crippen molar-refractivity contribution in [1.29, 1.82) is 0 Å². The maximum atomic E-state index is 10.3. The molecule has 0 heterocycles. The lowest BCUT2D eigenvalue weighted by molar-refractivity contribution is 0.171. The zero-order valence-electron chi connectivity index (χ0n) is 6.42. The third-order valence-corrected chi connectivity index (χ3v) is 0.714. The maximum Gasteiger partial charge on any atom is 0.427 e. The SMILES string of the molecule is COC(=O)N/N=C\C(C)C. The van der Waals surface area contributed by atoms with Crippen molar-refractivity contribution >= 4 is 12.3 Å². The minimum absolute atomic E-state index is 0.331. The second-order valence-electron chi connectivity index (χ2n) is 2.13. The summed E-state index contributed by atoms with van der Waals surface area (Å²) in [5.41, 5.74) is 2.17. The van der Waals surface area contributed by atoms with Gasteiger partial charge in [-0.15, -0.1) is 0 Å². The zero-order valence-corrected chi connectivity index (χ0v) is 6.42. The van der Waals surface area contributed by atoms with E-state index < -0.39 is 6.09 Å². The van der Waals surface area contributed by atoms with Crippen molar-refractivity contribution in [2.75, 3.05) is 7.11 Å². The molecule has 0 fully saturated rings. The molecule has 0 rings (SSSR count). The van der Waals surface area contributed by atoms with E-state index in [0.717, 1.165) is 0 Å². The Morgan fingerprint density at radius 3 is 2.70 bits per heavy atom. The molecule has 0 spiro atoms. The van der Waals surface area contributed by atoms with Crippen molar-refractivity contribution in [2.45, 2.75) is 13.8 Å². The normalized spacial score (nSPS) is 10.4. The highest BCUT2D eigenvalue weighted by atomic mass is 16.5. The van der Waals surface area contributed by atoms with Gasteiger partial charge in [0.25, 0.3) is 0 Å². The number of nitrogens with zero attached hydrogens (tertiary/aromatic N) is 1. The largest absolute Gasteiger partial charge is 0.452 e. The number of hydrazone groups is 1. The summed E-state index contributed by atoms with van der Waals surface area (Å²) in [6, 6.07) is 0. The van der Waals surface area contributed by atoms with Crippen LogP contribution < -0.4 is 5.43 Å². The van der Waals surface area contributed by atoms with Crippen LogP contribution in [0.15, 0.2) is 5.10 Å². The molecule has 0 bridgehead atoms. The summed E-state index contributed by atoms with van der Waals surface area (Å²) >= 11 is 0. The summed E-state index contributed by atoms with van der Waals surface area (Å²) in [7, 11) is 1.29. The topological polar surface area (TPSA) is 50.7 Å². The van der Waals surface area contributed by atoms with Gasteiger partial charge in [-0.25, -0.2) is 10.2 Å². The molecule has 0 aliphatic carbocycles. The Kier molecular flexibility index (Phi) is 4.28. The van der Waals surface area contributed by atoms with E-state index >= 15 is 0 Å². The van der Waals surface area contributed by atoms with Crippen molar-refractivity contribution in [2.24, 2.45) is 11.0 Å². The molecule has 1 amide bonds. The Balaban J connectivity index is 3.43. The molecule has 0 saturated heterocycles. The summed E-state index contributed by atoms with van der Waals surface area (Å²) in [4.78, 5) is 10.3. The van der Waals surface area contributed by atoms with Crippen LogP contribution in [0.4, 0.5) is 4.79 Å². The number of carbonyl (C=O) groups excluding carboxylic acids is 1. The van der Waals surface area contributed by atoms with E-state index in [1.54, 1.807) is 6.21 Å². The van der Waals surface area contributed by atoms with Crippen LogP contribution in [0, 0.1) is 5.92 Å². The van der Waals surface area contributed by atoms with Crippen LogP contribution in [-0.2, 0) is 4.74 Å². The smallest absolute Gasteiger partial charge is 0.427 e. The number of rotatable bonds is 2. The predicted octanol–water partition coefficient (Wildman–Crippen LogP) is 0.984. The Hall–Kier alpha value is -1.06. The molecule has 0 aliphatic rings. The van der Waals surface area contributed by atoms with E-state index in [2.05, 4.69) is 15.3 Å². The summed E-state index contributed by atoms with van der Waals surface area (Å²) in [6.07, 6.45) is 1.08. The van der Waals surface area contributed by atoms with Gasteiger partial charge < -0.3 is 4.74 Å². The number of methoxy groups -OCH3 is 1. The van der Waals surface area contributed by atoms with Gasteiger partial charge in [-0.3, -0.25) is 0 Å². The van der Waals surface area contributed by atoms with Gasteiger partial charge >= 0.3 is 6.09 Å². The molecule has 0 saturated carbocycles. The highest BCUT2D eigenvalue weighted by Gasteiger charge is 1.92. The van der Waals surface area contributed by atoms with E-state index in [1.807, 2.05) is 13.8 Å². The highest BCUT2D eigenvalue weighted by Crippen LogP contribution is 1.83. The third-order valence-electron chi connectivity index (χ3n) is 0.714. The van der Waals surface area contributed by atoms with Gasteiger partial charge in [0.15, 0.2) is 0 Å². The van der Waals surface area contributed by atoms with E-state index in [4.69, 9.17) is 0 Å². The van der Waals surface area contributed by atoms with E-state index in [-0.39, 0.29) is 0 Å². The van der Waals surface area contributed by atoms with Crippen LogP contribution in [0.2, 0.25) is 0 Å². The minimum atomic E-state index is -0.545. The van der Waals surface area contributed by atoms with Gasteiger partial charge in [0.2, 0.25) is 0 Å². The first-order valence-electron chi connectivity index (χ1n) is 3.04. The lowest BCUT2D eigenvalue weighted by atomic mass is 10.3. The molecule has 0 aromatic heterocycles. The summed E-state index contributed by atoms with van der Waals surface area (Å²) in [5.74, 6) is 0.331. The Morgan fingerprint density at radius 2 is 2.30 bits per heavy atom. The molecule has 58 valence electrons. The standard InChI is InChI=1S/C6H12N2O2/c1-5(2)4-7-8-6(9)10-3/h4-5H,1-3H3,(H,8,9)/b7-4-. The van der Waals surface area contributed by atoms with E-state index in [0.29, 0.717) is 5.92 Å². The highest BCUT2D eigenvalue weighted by molar-refractivity contribution is 5.69. The molecule has 0 aromatic carbocycles. The molecule has 10 heavy (non-hydrogen) atoms. The van der Waals surface area contributed by atoms with Crippen molar-refractivity contribution in [3.05, 3.63) is 0 Å². The van der Waals surface area contributed by atoms with Crippen LogP contribution >= 0.6 is 0 Å². The van der Waals surface area contributed by atoms with Crippen molar-refractivity contribution < 1.29 is 9.53 Å². The average molecular weight is 144 g/mol. The lowest BCUT2D eigenvalue weighted by Crippen LogP contribution is -2.17. The maximum absolute atomic E-state index is 10.3. The lowest BCUT2D eigenvalue weighted by Gasteiger charge is -1.95. The number of amides is 1. The fraction of sp³-hybridized carbons (Fsp3) is 0.667. The molecule has 1 N–H and O–H groups in total. The summed E-state index contributed by atoms with van der Waals surface area (Å²) in [5, 5.41) is 3.59. The molecule has 0 atom stereocenters. The fourth-order valence-corrected chi connectivity index (χ4v) is 0.285. The number of hydrogen-bond acceptors (Lipinski definition) is 3. The first-order valence-corrected chi connectivity index (χ1v) is 3.04. The number of hydrogen-bond donors (Lipinski definition) is 1. The predicted molar refractivity (Wildman–Crippen MR) is 38.9 cm³/mol. The fourth-order valence-electron chi connectivity index (χ4n) is 0.285. The molecule has 0 aromatic rings. The van der Waals surface area contributed by atoms with Crippen molar-refractivity contribution in [3.63, 3.8) is 0 Å². The third kappa shape index (κ3) is 5.08. The number of nitrogens with one attached hydrogen (secondary N) is 1. The van der Waals surface area contributed by atoms with Crippen LogP contribution in [-0.4, -0.2) is 19.4 Å². The van der Waals surface area contributed by atoms with Gasteiger partial charge in [-0.2, -0.15) is 5.10 Å². The average Bonchev–Trinajstić information content (AvgIpc) is 1.87. The summed E-state index contributed by atoms with van der Waals surface area (Å²) in [6.45, 7) is 3.92. The Morgan fingerprint density at radius 1 is 1.70 bits per heavy atom. The Bertz CT molecular complexity index is 132. The van der Waals surface area contributed by atoms with Crippen LogP contribution in [0.1, 0.15) is 13.8 Å². The first kappa shape index (κ1) is 8.94. The van der Waals surface area contributed by atoms with Gasteiger partial charge in [0, 0.05) is 6.21 Å². The quantitative estimate of drug-likeness (QED) is 0.464. The molecular formula is C6H12N2O2. The van der Waals surface area contributed by atoms with Crippen molar-refractivity contribution in [3.8, 4) is 0 Å². The Labute approximate surface area is 60.3 Å². The van der Waals surface area contributed by atoms with Gasteiger partial charge in [-0.05, 0) is 5.92 Å². The molecule has 0 aliphatic heterocycles.